The van der Waals surface area contributed by atoms with Gasteiger partial charge in [-0.3, -0.25) is 0 Å². The molecule has 0 N–H and O–H groups in total. The van der Waals surface area contributed by atoms with E-state index in [1.807, 2.05) is 27.7 Å². The zero-order chi connectivity index (χ0) is 13.1. The van der Waals surface area contributed by atoms with E-state index in [1.54, 1.807) is 0 Å². The zero-order valence-corrected chi connectivity index (χ0v) is 12.6. The molecule has 0 heterocycles. The fourth-order valence-electron chi connectivity index (χ4n) is 1.55. The van der Waals surface area contributed by atoms with Crippen LogP contribution in [-0.4, -0.2) is 0 Å². The molecule has 94 valence electrons. The lowest BCUT2D eigenvalue weighted by Crippen LogP contribution is -1.93. The number of benzene rings is 1. The van der Waals surface area contributed by atoms with E-state index < -0.39 is 0 Å². The summed E-state index contributed by atoms with van der Waals surface area (Å²) in [6, 6.07) is 4.49. The minimum atomic E-state index is 1.22. The molecule has 0 saturated heterocycles. The van der Waals surface area contributed by atoms with Gasteiger partial charge in [0.15, 0.2) is 0 Å². The Hall–Kier alpha value is -0.780. The maximum absolute atomic E-state index is 2.27. The summed E-state index contributed by atoms with van der Waals surface area (Å²) in [5.41, 5.74) is 5.87. The predicted molar refractivity (Wildman–Crippen MR) is 77.3 cm³/mol. The quantitative estimate of drug-likeness (QED) is 0.609. The third-order valence-electron chi connectivity index (χ3n) is 2.69. The number of hydrogen-bond acceptors (Lipinski definition) is 0. The molecule has 0 aliphatic carbocycles. The van der Waals surface area contributed by atoms with Crippen molar-refractivity contribution in [2.24, 2.45) is 0 Å². The first kappa shape index (κ1) is 17.6. The van der Waals surface area contributed by atoms with Crippen LogP contribution in [0.1, 0.15) is 63.3 Å². The monoisotopic (exact) mass is 222 g/mol. The van der Waals surface area contributed by atoms with E-state index in [0.717, 1.165) is 0 Å². The molecule has 0 aliphatic rings. The van der Waals surface area contributed by atoms with E-state index in [1.165, 1.54) is 35.1 Å². The molecule has 0 radical (unpaired) electrons. The maximum Gasteiger partial charge on any atom is -0.0279 e. The van der Waals surface area contributed by atoms with E-state index in [-0.39, 0.29) is 0 Å². The first-order valence-corrected chi connectivity index (χ1v) is 6.72. The van der Waals surface area contributed by atoms with Crippen molar-refractivity contribution in [1.82, 2.24) is 0 Å². The van der Waals surface area contributed by atoms with E-state index >= 15 is 0 Å². The lowest BCUT2D eigenvalue weighted by molar-refractivity contribution is 0.908. The fourth-order valence-corrected chi connectivity index (χ4v) is 1.55. The summed E-state index contributed by atoms with van der Waals surface area (Å²) in [5, 5.41) is 0. The van der Waals surface area contributed by atoms with Gasteiger partial charge in [-0.15, -0.1) is 0 Å². The van der Waals surface area contributed by atoms with Gasteiger partial charge in [-0.25, -0.2) is 0 Å². The van der Waals surface area contributed by atoms with Crippen LogP contribution in [0.15, 0.2) is 12.1 Å². The Labute approximate surface area is 103 Å². The van der Waals surface area contributed by atoms with Crippen LogP contribution in [0.3, 0.4) is 0 Å². The summed E-state index contributed by atoms with van der Waals surface area (Å²) in [7, 11) is 0. The summed E-state index contributed by atoms with van der Waals surface area (Å²) >= 11 is 0. The molecule has 0 saturated carbocycles. The van der Waals surface area contributed by atoms with Crippen LogP contribution in [-0.2, 0) is 6.42 Å². The molecular formula is C16H30. The van der Waals surface area contributed by atoms with Gasteiger partial charge in [-0.05, 0) is 49.4 Å². The second-order valence-electron chi connectivity index (χ2n) is 3.54. The molecule has 0 spiro atoms. The van der Waals surface area contributed by atoms with Gasteiger partial charge >= 0.3 is 0 Å². The van der Waals surface area contributed by atoms with Crippen molar-refractivity contribution in [3.63, 3.8) is 0 Å². The molecule has 0 amide bonds. The normalized spacial score (nSPS) is 8.50. The molecule has 0 heteroatoms. The Morgan fingerprint density at radius 1 is 0.812 bits per heavy atom. The molecule has 0 aliphatic heterocycles. The van der Waals surface area contributed by atoms with Crippen LogP contribution in [0.4, 0.5) is 0 Å². The molecular weight excluding hydrogens is 192 g/mol. The number of rotatable bonds is 2. The molecule has 1 rings (SSSR count). The molecule has 1 aromatic rings. The van der Waals surface area contributed by atoms with Crippen molar-refractivity contribution in [2.75, 3.05) is 0 Å². The van der Waals surface area contributed by atoms with Crippen molar-refractivity contribution in [3.05, 3.63) is 34.4 Å². The molecule has 0 fully saturated rings. The lowest BCUT2D eigenvalue weighted by Gasteiger charge is -2.09. The number of hydrogen-bond donors (Lipinski definition) is 0. The van der Waals surface area contributed by atoms with E-state index in [2.05, 4.69) is 39.8 Å². The second-order valence-corrected chi connectivity index (χ2v) is 3.54. The van der Waals surface area contributed by atoms with Gasteiger partial charge in [0.2, 0.25) is 0 Å². The van der Waals surface area contributed by atoms with E-state index in [4.69, 9.17) is 0 Å². The van der Waals surface area contributed by atoms with Crippen LogP contribution in [0.2, 0.25) is 0 Å². The smallest absolute Gasteiger partial charge is 0.0279 e. The van der Waals surface area contributed by atoms with Crippen molar-refractivity contribution in [1.29, 1.82) is 0 Å². The highest BCUT2D eigenvalue weighted by molar-refractivity contribution is 5.38. The van der Waals surface area contributed by atoms with Gasteiger partial charge < -0.3 is 0 Å². The highest BCUT2D eigenvalue weighted by Gasteiger charge is 2.01. The summed E-state index contributed by atoms with van der Waals surface area (Å²) in [6.45, 7) is 16.9. The average molecular weight is 222 g/mol. The minimum Gasteiger partial charge on any atom is -0.0683 e. The third-order valence-corrected chi connectivity index (χ3v) is 2.69. The Morgan fingerprint density at radius 3 is 1.75 bits per heavy atom. The highest BCUT2D eigenvalue weighted by atomic mass is 14.1. The SMILES string of the molecule is CC.CC.CCCc1ccc(C)c(C)c1C. The average Bonchev–Trinajstić information content (AvgIpc) is 2.35. The summed E-state index contributed by atoms with van der Waals surface area (Å²) < 4.78 is 0. The van der Waals surface area contributed by atoms with Gasteiger partial charge in [-0.2, -0.15) is 0 Å². The summed E-state index contributed by atoms with van der Waals surface area (Å²) in [4.78, 5) is 0. The number of aryl methyl sites for hydroxylation is 2. The van der Waals surface area contributed by atoms with Crippen LogP contribution in [0, 0.1) is 20.8 Å². The van der Waals surface area contributed by atoms with Gasteiger partial charge in [0.05, 0.1) is 0 Å². The van der Waals surface area contributed by atoms with Gasteiger partial charge in [0, 0.05) is 0 Å². The lowest BCUT2D eigenvalue weighted by atomic mass is 9.96. The summed E-state index contributed by atoms with van der Waals surface area (Å²) in [6.07, 6.45) is 2.45. The van der Waals surface area contributed by atoms with Crippen LogP contribution < -0.4 is 0 Å². The molecule has 0 aromatic heterocycles. The Bertz CT molecular complexity index is 272. The second kappa shape index (κ2) is 10.7. The van der Waals surface area contributed by atoms with Gasteiger partial charge in [0.25, 0.3) is 0 Å². The maximum atomic E-state index is 2.27. The van der Waals surface area contributed by atoms with Crippen molar-refractivity contribution >= 4 is 0 Å². The summed E-state index contributed by atoms with van der Waals surface area (Å²) in [5.74, 6) is 0. The van der Waals surface area contributed by atoms with Gasteiger partial charge in [0.1, 0.15) is 0 Å². The molecule has 1 aromatic carbocycles. The van der Waals surface area contributed by atoms with Crippen LogP contribution in [0.25, 0.3) is 0 Å². The standard InChI is InChI=1S/C12H18.2C2H6/c1-5-6-12-8-7-9(2)10(3)11(12)4;2*1-2/h7-8H,5-6H2,1-4H3;2*1-2H3. The molecule has 0 atom stereocenters. The highest BCUT2D eigenvalue weighted by Crippen LogP contribution is 2.17. The van der Waals surface area contributed by atoms with Crippen LogP contribution in [0.5, 0.6) is 0 Å². The van der Waals surface area contributed by atoms with E-state index in [9.17, 15) is 0 Å². The van der Waals surface area contributed by atoms with Gasteiger partial charge in [-0.1, -0.05) is 53.2 Å². The van der Waals surface area contributed by atoms with Crippen molar-refractivity contribution in [3.8, 4) is 0 Å². The van der Waals surface area contributed by atoms with E-state index in [0.29, 0.717) is 0 Å². The Kier molecular flexibility index (Phi) is 11.8. The largest absolute Gasteiger partial charge is 0.0683 e. The predicted octanol–water partition coefficient (Wildman–Crippen LogP) is 5.62. The van der Waals surface area contributed by atoms with Crippen molar-refractivity contribution in [2.45, 2.75) is 68.2 Å². The van der Waals surface area contributed by atoms with Crippen LogP contribution >= 0.6 is 0 Å². The molecule has 16 heavy (non-hydrogen) atoms. The molecule has 0 bridgehead atoms. The molecule has 0 nitrogen and oxygen atoms in total. The minimum absolute atomic E-state index is 1.22. The Morgan fingerprint density at radius 2 is 1.31 bits per heavy atom. The Balaban J connectivity index is 0. The first-order valence-electron chi connectivity index (χ1n) is 6.72. The first-order chi connectivity index (χ1) is 7.66. The third kappa shape index (κ3) is 5.34. The topological polar surface area (TPSA) is 0 Å². The molecule has 0 unspecified atom stereocenters. The van der Waals surface area contributed by atoms with Crippen molar-refractivity contribution < 1.29 is 0 Å². The fraction of sp³-hybridized carbons (Fsp3) is 0.625. The zero-order valence-electron chi connectivity index (χ0n) is 12.6.